The molecule has 0 aliphatic carbocycles. The van der Waals surface area contributed by atoms with E-state index in [4.69, 9.17) is 9.40 Å². The summed E-state index contributed by atoms with van der Waals surface area (Å²) < 4.78 is 6.19. The molecular formula is C24H22BN5O. The monoisotopic (exact) mass is 407 g/mol. The van der Waals surface area contributed by atoms with Crippen LogP contribution in [0.5, 0.6) is 0 Å². The van der Waals surface area contributed by atoms with Crippen molar-refractivity contribution in [2.45, 2.75) is 20.0 Å². The van der Waals surface area contributed by atoms with Gasteiger partial charge in [-0.05, 0) is 57.3 Å². The van der Waals surface area contributed by atoms with Crippen LogP contribution < -0.4 is 14.5 Å². The maximum absolute atomic E-state index is 6.19. The first-order valence-corrected chi connectivity index (χ1v) is 10.5. The minimum absolute atomic E-state index is 0.0228. The highest BCUT2D eigenvalue weighted by Gasteiger charge is 2.46. The van der Waals surface area contributed by atoms with E-state index in [9.17, 15) is 0 Å². The van der Waals surface area contributed by atoms with Crippen molar-refractivity contribution in [3.8, 4) is 0 Å². The summed E-state index contributed by atoms with van der Waals surface area (Å²) in [5.74, 6) is 1.81. The fourth-order valence-corrected chi connectivity index (χ4v) is 5.01. The van der Waals surface area contributed by atoms with Gasteiger partial charge >= 0.3 is 6.98 Å². The molecule has 0 fully saturated rings. The van der Waals surface area contributed by atoms with Crippen molar-refractivity contribution in [1.82, 2.24) is 9.97 Å². The van der Waals surface area contributed by atoms with Crippen molar-refractivity contribution >= 4 is 47.2 Å². The molecular weight excluding hydrogens is 385 g/mol. The number of allylic oxidation sites excluding steroid dienone is 1. The summed E-state index contributed by atoms with van der Waals surface area (Å²) in [5.41, 5.74) is 5.26. The zero-order valence-corrected chi connectivity index (χ0v) is 17.7. The molecule has 152 valence electrons. The molecule has 31 heavy (non-hydrogen) atoms. The first kappa shape index (κ1) is 18.1. The highest BCUT2D eigenvalue weighted by Crippen LogP contribution is 2.46. The van der Waals surface area contributed by atoms with Crippen LogP contribution in [0.25, 0.3) is 17.2 Å². The number of furan rings is 1. The Balaban J connectivity index is 1.49. The Hall–Kier alpha value is -3.74. The lowest BCUT2D eigenvalue weighted by Gasteiger charge is -2.39. The molecule has 0 N–H and O–H groups in total. The molecule has 0 saturated heterocycles. The number of para-hydroxylation sites is 1. The Labute approximate surface area is 181 Å². The third-order valence-electron chi connectivity index (χ3n) is 6.30. The number of hydrogen-bond donors (Lipinski definition) is 0. The molecule has 0 spiro atoms. The Morgan fingerprint density at radius 2 is 1.74 bits per heavy atom. The molecule has 0 unspecified atom stereocenters. The van der Waals surface area contributed by atoms with Crippen LogP contribution in [0.2, 0.25) is 0 Å². The minimum Gasteiger partial charge on any atom is -0.423 e. The van der Waals surface area contributed by atoms with Gasteiger partial charge in [0.2, 0.25) is 5.71 Å². The Morgan fingerprint density at radius 3 is 2.58 bits per heavy atom. The third-order valence-corrected chi connectivity index (χ3v) is 6.30. The van der Waals surface area contributed by atoms with Crippen molar-refractivity contribution in [3.05, 3.63) is 78.0 Å². The van der Waals surface area contributed by atoms with Crippen molar-refractivity contribution in [2.24, 2.45) is 0 Å². The second kappa shape index (κ2) is 6.64. The zero-order valence-electron chi connectivity index (χ0n) is 17.7. The highest BCUT2D eigenvalue weighted by molar-refractivity contribution is 6.75. The first-order chi connectivity index (χ1) is 15.1. The lowest BCUT2D eigenvalue weighted by Crippen LogP contribution is -2.58. The summed E-state index contributed by atoms with van der Waals surface area (Å²) in [5, 5.41) is 1.04. The van der Waals surface area contributed by atoms with Gasteiger partial charge in [0.05, 0.1) is 11.9 Å². The standard InChI is InChI=1S/C24H22BN5O/c1-16-15-20-19-11-7-14-27-23(19)31-24(20)28(3)25(16)30-17(2)29(18-9-5-4-6-10-18)21-12-8-13-26-22(21)30/h4-15,17H,1-3H3/t17-/m0/s1. The second-order valence-electron chi connectivity index (χ2n) is 8.14. The van der Waals surface area contributed by atoms with Crippen LogP contribution in [0.15, 0.2) is 76.9 Å². The number of aromatic nitrogens is 2. The molecule has 4 aromatic rings. The summed E-state index contributed by atoms with van der Waals surface area (Å²) in [4.78, 5) is 16.1. The molecule has 6 nitrogen and oxygen atoms in total. The predicted octanol–water partition coefficient (Wildman–Crippen LogP) is 5.11. The Kier molecular flexibility index (Phi) is 3.87. The number of hydrogen-bond acceptors (Lipinski definition) is 6. The summed E-state index contributed by atoms with van der Waals surface area (Å²) in [6, 6.07) is 18.7. The number of nitrogens with zero attached hydrogens (tertiary/aromatic N) is 5. The molecule has 1 atom stereocenters. The summed E-state index contributed by atoms with van der Waals surface area (Å²) in [6.07, 6.45) is 5.94. The fourth-order valence-electron chi connectivity index (χ4n) is 5.01. The van der Waals surface area contributed by atoms with Crippen molar-refractivity contribution in [1.29, 1.82) is 0 Å². The van der Waals surface area contributed by atoms with Crippen molar-refractivity contribution < 1.29 is 4.42 Å². The van der Waals surface area contributed by atoms with Gasteiger partial charge in [-0.25, -0.2) is 9.97 Å². The van der Waals surface area contributed by atoms with Crippen molar-refractivity contribution in [2.75, 3.05) is 21.6 Å². The average Bonchev–Trinajstić information content (AvgIpc) is 3.30. The van der Waals surface area contributed by atoms with E-state index in [1.54, 1.807) is 6.20 Å². The molecule has 0 saturated carbocycles. The second-order valence-corrected chi connectivity index (χ2v) is 8.14. The van der Waals surface area contributed by atoms with E-state index < -0.39 is 0 Å². The maximum atomic E-state index is 6.19. The third kappa shape index (κ3) is 2.52. The van der Waals surface area contributed by atoms with E-state index in [0.717, 1.165) is 34.0 Å². The number of pyridine rings is 2. The van der Waals surface area contributed by atoms with Gasteiger partial charge in [-0.2, -0.15) is 0 Å². The van der Waals surface area contributed by atoms with E-state index in [1.807, 2.05) is 24.4 Å². The largest absolute Gasteiger partial charge is 0.423 e. The smallest absolute Gasteiger partial charge is 0.411 e. The van der Waals surface area contributed by atoms with Crippen LogP contribution in [0.3, 0.4) is 0 Å². The molecule has 3 aromatic heterocycles. The van der Waals surface area contributed by atoms with Gasteiger partial charge in [0.1, 0.15) is 5.82 Å². The van der Waals surface area contributed by atoms with Gasteiger partial charge in [0.25, 0.3) is 0 Å². The molecule has 1 aromatic carbocycles. The van der Waals surface area contributed by atoms with E-state index in [0.29, 0.717) is 5.71 Å². The lowest BCUT2D eigenvalue weighted by molar-refractivity contribution is 0.605. The average molecular weight is 407 g/mol. The van der Waals surface area contributed by atoms with Gasteiger partial charge in [0, 0.05) is 29.0 Å². The van der Waals surface area contributed by atoms with Gasteiger partial charge in [-0.1, -0.05) is 29.7 Å². The van der Waals surface area contributed by atoms with E-state index in [-0.39, 0.29) is 13.1 Å². The molecule has 2 aliphatic heterocycles. The van der Waals surface area contributed by atoms with E-state index >= 15 is 0 Å². The van der Waals surface area contributed by atoms with Gasteiger partial charge in [-0.15, -0.1) is 0 Å². The predicted molar refractivity (Wildman–Crippen MR) is 127 cm³/mol. The molecule has 7 heteroatoms. The van der Waals surface area contributed by atoms with Gasteiger partial charge in [0.15, 0.2) is 5.88 Å². The zero-order chi connectivity index (χ0) is 21.1. The number of fused-ring (bicyclic) bond motifs is 4. The van der Waals surface area contributed by atoms with Crippen LogP contribution in [0, 0.1) is 0 Å². The van der Waals surface area contributed by atoms with Crippen LogP contribution in [-0.2, 0) is 0 Å². The van der Waals surface area contributed by atoms with Crippen LogP contribution in [0.4, 0.5) is 23.1 Å². The molecule has 0 bridgehead atoms. The Bertz CT molecular complexity index is 1320. The molecule has 6 rings (SSSR count). The van der Waals surface area contributed by atoms with E-state index in [1.165, 1.54) is 5.47 Å². The van der Waals surface area contributed by atoms with Crippen LogP contribution in [-0.4, -0.2) is 30.2 Å². The Morgan fingerprint density at radius 1 is 0.968 bits per heavy atom. The summed E-state index contributed by atoms with van der Waals surface area (Å²) in [6.45, 7) is 4.39. The number of benzene rings is 1. The number of anilines is 4. The first-order valence-electron chi connectivity index (χ1n) is 10.5. The lowest BCUT2D eigenvalue weighted by atomic mass is 9.61. The molecule has 0 amide bonds. The molecule has 2 aliphatic rings. The molecule has 0 radical (unpaired) electrons. The summed E-state index contributed by atoms with van der Waals surface area (Å²) >= 11 is 0. The quantitative estimate of drug-likeness (QED) is 0.431. The van der Waals surface area contributed by atoms with E-state index in [2.05, 4.69) is 82.9 Å². The summed E-state index contributed by atoms with van der Waals surface area (Å²) in [7, 11) is 2.09. The SMILES string of the molecule is CC1=Cc2c(oc3ncccc23)N(C)B1N1c2ncccc2N(c2ccccc2)[C@@H]1C. The topological polar surface area (TPSA) is 48.6 Å². The van der Waals surface area contributed by atoms with Crippen molar-refractivity contribution in [3.63, 3.8) is 0 Å². The van der Waals surface area contributed by atoms with Crippen LogP contribution in [0.1, 0.15) is 19.4 Å². The number of rotatable bonds is 2. The molecule has 5 heterocycles. The van der Waals surface area contributed by atoms with Gasteiger partial charge in [-0.3, -0.25) is 0 Å². The maximum Gasteiger partial charge on any atom is 0.411 e. The highest BCUT2D eigenvalue weighted by atomic mass is 16.4. The van der Waals surface area contributed by atoms with Crippen LogP contribution >= 0.6 is 0 Å². The minimum atomic E-state index is -0.0228. The normalized spacial score (nSPS) is 17.8. The fraction of sp³-hybridized carbons (Fsp3) is 0.167. The van der Waals surface area contributed by atoms with Gasteiger partial charge < -0.3 is 18.9 Å².